The van der Waals surface area contributed by atoms with Crippen LogP contribution in [0.4, 0.5) is 0 Å². The summed E-state index contributed by atoms with van der Waals surface area (Å²) in [6.07, 6.45) is 25.7. The van der Waals surface area contributed by atoms with E-state index < -0.39 is 6.10 Å². The van der Waals surface area contributed by atoms with Gasteiger partial charge in [-0.3, -0.25) is 0 Å². The summed E-state index contributed by atoms with van der Waals surface area (Å²) in [5, 5.41) is 20.9. The van der Waals surface area contributed by atoms with E-state index in [1.165, 1.54) is 116 Å². The highest BCUT2D eigenvalue weighted by molar-refractivity contribution is 4.51. The van der Waals surface area contributed by atoms with Gasteiger partial charge in [-0.2, -0.15) is 0 Å². The standard InChI is InChI=1S/C24H51NO2/c1-3-4-5-6-7-8-9-10-11-12-13-14-15-16-17-18-19-20-21-22-25(27)23-24(2)26/h24-26H,3-23H2,1-2H3. The number of hydroxylamine groups is 2. The van der Waals surface area contributed by atoms with Gasteiger partial charge in [-0.1, -0.05) is 116 Å². The van der Waals surface area contributed by atoms with Crippen LogP contribution in [0.5, 0.6) is 0 Å². The van der Waals surface area contributed by atoms with Crippen LogP contribution in [0.1, 0.15) is 136 Å². The number of aliphatic hydroxyl groups is 1. The van der Waals surface area contributed by atoms with Gasteiger partial charge < -0.3 is 15.4 Å². The van der Waals surface area contributed by atoms with E-state index in [0.29, 0.717) is 13.1 Å². The molecule has 2 atom stereocenters. The van der Waals surface area contributed by atoms with Gasteiger partial charge in [-0.25, -0.2) is 0 Å². The Morgan fingerprint density at radius 2 is 0.889 bits per heavy atom. The lowest BCUT2D eigenvalue weighted by Crippen LogP contribution is -3.08. The minimum atomic E-state index is -0.474. The van der Waals surface area contributed by atoms with E-state index in [1.807, 2.05) is 0 Å². The summed E-state index contributed by atoms with van der Waals surface area (Å²) in [5.74, 6) is 0. The molecule has 0 aromatic rings. The zero-order valence-corrected chi connectivity index (χ0v) is 18.8. The third-order valence-electron chi connectivity index (χ3n) is 5.58. The lowest BCUT2D eigenvalue weighted by Gasteiger charge is -2.23. The van der Waals surface area contributed by atoms with Crippen LogP contribution in [0.25, 0.3) is 0 Å². The van der Waals surface area contributed by atoms with E-state index in [4.69, 9.17) is 5.11 Å². The first kappa shape index (κ1) is 26.9. The van der Waals surface area contributed by atoms with Gasteiger partial charge in [0.1, 0.15) is 12.6 Å². The summed E-state index contributed by atoms with van der Waals surface area (Å²) in [7, 11) is 0. The molecule has 164 valence electrons. The summed E-state index contributed by atoms with van der Waals surface area (Å²) >= 11 is 0. The second-order valence-corrected chi connectivity index (χ2v) is 8.71. The summed E-state index contributed by atoms with van der Waals surface area (Å²) in [4.78, 5) is 0. The Kier molecular flexibility index (Phi) is 22.1. The molecule has 0 rings (SSSR count). The minimum absolute atomic E-state index is 0.219. The summed E-state index contributed by atoms with van der Waals surface area (Å²) in [6.45, 7) is 4.96. The predicted octanol–water partition coefficient (Wildman–Crippen LogP) is 6.18. The quantitative estimate of drug-likeness (QED) is 0.173. The van der Waals surface area contributed by atoms with Gasteiger partial charge in [0.15, 0.2) is 0 Å². The van der Waals surface area contributed by atoms with Crippen molar-refractivity contribution in [3.05, 3.63) is 5.21 Å². The lowest BCUT2D eigenvalue weighted by molar-refractivity contribution is -0.851. The molecule has 27 heavy (non-hydrogen) atoms. The first-order valence-corrected chi connectivity index (χ1v) is 12.4. The molecule has 2 unspecified atom stereocenters. The average Bonchev–Trinajstić information content (AvgIpc) is 2.63. The van der Waals surface area contributed by atoms with Gasteiger partial charge in [0, 0.05) is 0 Å². The number of nitrogens with one attached hydrogen (secondary N) is 1. The highest BCUT2D eigenvalue weighted by Crippen LogP contribution is 2.14. The van der Waals surface area contributed by atoms with Gasteiger partial charge in [0.2, 0.25) is 0 Å². The maximum Gasteiger partial charge on any atom is 0.103 e. The molecule has 0 amide bonds. The molecule has 0 fully saturated rings. The van der Waals surface area contributed by atoms with Crippen LogP contribution in [-0.4, -0.2) is 24.3 Å². The van der Waals surface area contributed by atoms with E-state index in [0.717, 1.165) is 6.42 Å². The third kappa shape index (κ3) is 23.8. The Hall–Kier alpha value is -0.120. The van der Waals surface area contributed by atoms with Crippen molar-refractivity contribution < 1.29 is 10.2 Å². The summed E-state index contributed by atoms with van der Waals surface area (Å²) in [5.41, 5.74) is 0. The number of quaternary nitrogens is 1. The van der Waals surface area contributed by atoms with Gasteiger partial charge in [-0.15, -0.1) is 0 Å². The Balaban J connectivity index is 3.05. The number of rotatable bonds is 22. The fourth-order valence-electron chi connectivity index (χ4n) is 3.83. The molecular formula is C24H51NO2. The molecular weight excluding hydrogens is 334 g/mol. The van der Waals surface area contributed by atoms with Crippen molar-refractivity contribution in [1.82, 2.24) is 0 Å². The van der Waals surface area contributed by atoms with Crippen LogP contribution >= 0.6 is 0 Å². The van der Waals surface area contributed by atoms with Crippen LogP contribution in [0.15, 0.2) is 0 Å². The van der Waals surface area contributed by atoms with Crippen molar-refractivity contribution in [3.63, 3.8) is 0 Å². The second-order valence-electron chi connectivity index (χ2n) is 8.71. The van der Waals surface area contributed by atoms with E-state index in [-0.39, 0.29) is 5.06 Å². The average molecular weight is 386 g/mol. The topological polar surface area (TPSA) is 47.7 Å². The summed E-state index contributed by atoms with van der Waals surface area (Å²) in [6, 6.07) is 0. The number of unbranched alkanes of at least 4 members (excludes halogenated alkanes) is 18. The van der Waals surface area contributed by atoms with Crippen molar-refractivity contribution >= 4 is 0 Å². The largest absolute Gasteiger partial charge is 0.634 e. The van der Waals surface area contributed by atoms with Crippen LogP contribution in [0, 0.1) is 5.21 Å². The van der Waals surface area contributed by atoms with Gasteiger partial charge >= 0.3 is 0 Å². The molecule has 3 nitrogen and oxygen atoms in total. The van der Waals surface area contributed by atoms with E-state index in [9.17, 15) is 5.21 Å². The van der Waals surface area contributed by atoms with Crippen LogP contribution in [0.2, 0.25) is 0 Å². The smallest absolute Gasteiger partial charge is 0.103 e. The molecule has 0 aliphatic carbocycles. The Morgan fingerprint density at radius 1 is 0.593 bits per heavy atom. The number of hydrogen-bond donors (Lipinski definition) is 2. The highest BCUT2D eigenvalue weighted by atomic mass is 16.5. The molecule has 0 heterocycles. The molecule has 0 bridgehead atoms. The molecule has 0 aliphatic rings. The van der Waals surface area contributed by atoms with Crippen molar-refractivity contribution in [2.75, 3.05) is 13.1 Å². The lowest BCUT2D eigenvalue weighted by atomic mass is 10.0. The molecule has 0 radical (unpaired) electrons. The van der Waals surface area contributed by atoms with Gasteiger partial charge in [0.25, 0.3) is 0 Å². The molecule has 0 saturated carbocycles. The van der Waals surface area contributed by atoms with Crippen molar-refractivity contribution in [2.24, 2.45) is 0 Å². The second kappa shape index (κ2) is 22.2. The van der Waals surface area contributed by atoms with Gasteiger partial charge in [-0.05, 0) is 19.8 Å². The molecule has 0 spiro atoms. The number of aliphatic hydroxyl groups excluding tert-OH is 1. The maximum absolute atomic E-state index is 11.5. The fourth-order valence-corrected chi connectivity index (χ4v) is 3.83. The van der Waals surface area contributed by atoms with Gasteiger partial charge in [0.05, 0.1) is 6.54 Å². The Bertz CT molecular complexity index is 271. The van der Waals surface area contributed by atoms with Crippen LogP contribution < -0.4 is 5.06 Å². The SMILES string of the molecule is CCCCCCCCCCCCCCCCCCCCC[NH+]([O-])CC(C)O. The molecule has 2 N–H and O–H groups in total. The highest BCUT2D eigenvalue weighted by Gasteiger charge is 2.02. The Labute approximate surface area is 170 Å². The van der Waals surface area contributed by atoms with Crippen molar-refractivity contribution in [1.29, 1.82) is 0 Å². The van der Waals surface area contributed by atoms with Crippen LogP contribution in [0.3, 0.4) is 0 Å². The molecule has 0 aromatic heterocycles. The molecule has 0 aliphatic heterocycles. The zero-order valence-electron chi connectivity index (χ0n) is 18.8. The molecule has 3 heteroatoms. The van der Waals surface area contributed by atoms with E-state index in [1.54, 1.807) is 6.92 Å². The maximum atomic E-state index is 11.5. The monoisotopic (exact) mass is 385 g/mol. The van der Waals surface area contributed by atoms with Crippen molar-refractivity contribution in [3.8, 4) is 0 Å². The fraction of sp³-hybridized carbons (Fsp3) is 1.00. The Morgan fingerprint density at radius 3 is 1.19 bits per heavy atom. The third-order valence-corrected chi connectivity index (χ3v) is 5.58. The van der Waals surface area contributed by atoms with E-state index >= 15 is 0 Å². The van der Waals surface area contributed by atoms with E-state index in [2.05, 4.69) is 6.92 Å². The molecule has 0 aromatic carbocycles. The van der Waals surface area contributed by atoms with Crippen LogP contribution in [-0.2, 0) is 0 Å². The summed E-state index contributed by atoms with van der Waals surface area (Å²) < 4.78 is 0. The van der Waals surface area contributed by atoms with Crippen molar-refractivity contribution in [2.45, 2.75) is 142 Å². The minimum Gasteiger partial charge on any atom is -0.634 e. The normalized spacial score (nSPS) is 13.8. The predicted molar refractivity (Wildman–Crippen MR) is 119 cm³/mol. The zero-order chi connectivity index (χ0) is 20.0. The first-order valence-electron chi connectivity index (χ1n) is 12.4. The molecule has 0 saturated heterocycles. The number of hydrogen-bond acceptors (Lipinski definition) is 2. The first-order chi connectivity index (χ1) is 13.2.